The van der Waals surface area contributed by atoms with Gasteiger partial charge < -0.3 is 0 Å². The molecule has 1 aromatic rings. The smallest absolute Gasteiger partial charge is 0.206 e. The molecule has 0 unspecified atom stereocenters. The number of hydrogen-bond donors (Lipinski definition) is 0. The molecular weight excluding hydrogens is 419 g/mol. The van der Waals surface area contributed by atoms with Crippen LogP contribution in [0.2, 0.25) is 0 Å². The first-order valence-electron chi connectivity index (χ1n) is 12.5. The molecule has 0 atom stereocenters. The second-order valence-electron chi connectivity index (χ2n) is 10.0. The van der Waals surface area contributed by atoms with Gasteiger partial charge in [0.25, 0.3) is 0 Å². The molecule has 180 valence electrons. The van der Waals surface area contributed by atoms with Crippen LogP contribution in [0.1, 0.15) is 107 Å². The Labute approximate surface area is 189 Å². The van der Waals surface area contributed by atoms with Gasteiger partial charge in [0.15, 0.2) is 0 Å². The summed E-state index contributed by atoms with van der Waals surface area (Å²) in [5.74, 6) is -0.811. The molecule has 1 aromatic carbocycles. The van der Waals surface area contributed by atoms with E-state index in [4.69, 9.17) is 0 Å². The maximum Gasteiger partial charge on any atom is 0.422 e. The molecule has 0 N–H and O–H groups in total. The van der Waals surface area contributed by atoms with Gasteiger partial charge in [0, 0.05) is 0 Å². The van der Waals surface area contributed by atoms with Crippen LogP contribution in [0.25, 0.3) is 0 Å². The molecule has 0 spiro atoms. The van der Waals surface area contributed by atoms with E-state index in [0.717, 1.165) is 62.5 Å². The normalized spacial score (nSPS) is 27.2. The Hall–Kier alpha value is -1.39. The lowest BCUT2D eigenvalue weighted by Crippen LogP contribution is -2.16. The summed E-state index contributed by atoms with van der Waals surface area (Å²) in [7, 11) is 0. The van der Waals surface area contributed by atoms with E-state index in [1.807, 2.05) is 0 Å². The first-order valence-corrected chi connectivity index (χ1v) is 12.5. The standard InChI is InChI=1S/C27H37F5/c1-2-3-6-19-9-11-20(12-10-19)7-4-5-8-21-13-15-22(16-14-21)23-17-24(28)26(25(29)18-23)27(30,31)32/h4,7,17-22H,2-3,5-6,8-16H2,1H3/b7-4+. The lowest BCUT2D eigenvalue weighted by atomic mass is 9.77. The first kappa shape index (κ1) is 25.2. The summed E-state index contributed by atoms with van der Waals surface area (Å²) in [6.45, 7) is 2.26. The van der Waals surface area contributed by atoms with E-state index >= 15 is 0 Å². The van der Waals surface area contributed by atoms with Crippen LogP contribution in [0, 0.1) is 29.4 Å². The summed E-state index contributed by atoms with van der Waals surface area (Å²) in [6, 6.07) is 1.77. The zero-order valence-corrected chi connectivity index (χ0v) is 19.2. The van der Waals surface area contributed by atoms with E-state index in [-0.39, 0.29) is 5.92 Å². The zero-order valence-electron chi connectivity index (χ0n) is 19.2. The van der Waals surface area contributed by atoms with Gasteiger partial charge in [-0.15, -0.1) is 0 Å². The molecule has 2 aliphatic rings. The number of allylic oxidation sites excluding steroid dienone is 2. The fraction of sp³-hybridized carbons (Fsp3) is 0.704. The Morgan fingerprint density at radius 1 is 0.844 bits per heavy atom. The highest BCUT2D eigenvalue weighted by atomic mass is 19.4. The minimum atomic E-state index is -5.01. The van der Waals surface area contributed by atoms with Gasteiger partial charge in [-0.25, -0.2) is 8.78 Å². The molecule has 0 radical (unpaired) electrons. The van der Waals surface area contributed by atoms with Crippen LogP contribution in [0.5, 0.6) is 0 Å². The van der Waals surface area contributed by atoms with Gasteiger partial charge in [-0.1, -0.05) is 38.3 Å². The predicted molar refractivity (Wildman–Crippen MR) is 119 cm³/mol. The molecule has 0 aromatic heterocycles. The predicted octanol–water partition coefficient (Wildman–Crippen LogP) is 9.59. The van der Waals surface area contributed by atoms with Crippen molar-refractivity contribution in [3.05, 3.63) is 47.0 Å². The summed E-state index contributed by atoms with van der Waals surface area (Å²) >= 11 is 0. The van der Waals surface area contributed by atoms with Crippen molar-refractivity contribution in [2.45, 2.75) is 102 Å². The Morgan fingerprint density at radius 2 is 1.41 bits per heavy atom. The minimum Gasteiger partial charge on any atom is -0.206 e. The molecule has 2 fully saturated rings. The topological polar surface area (TPSA) is 0 Å². The summed E-state index contributed by atoms with van der Waals surface area (Å²) in [5.41, 5.74) is -1.42. The van der Waals surface area contributed by atoms with E-state index in [0.29, 0.717) is 11.5 Å². The Morgan fingerprint density at radius 3 is 1.97 bits per heavy atom. The lowest BCUT2D eigenvalue weighted by Gasteiger charge is -2.29. The number of hydrogen-bond acceptors (Lipinski definition) is 0. The van der Waals surface area contributed by atoms with E-state index in [2.05, 4.69) is 19.1 Å². The van der Waals surface area contributed by atoms with Gasteiger partial charge >= 0.3 is 6.18 Å². The third-order valence-corrected chi connectivity index (χ3v) is 7.67. The number of alkyl halides is 3. The van der Waals surface area contributed by atoms with E-state index in [1.165, 1.54) is 44.9 Å². The molecule has 0 amide bonds. The van der Waals surface area contributed by atoms with Gasteiger partial charge in [0.2, 0.25) is 0 Å². The fourth-order valence-corrected chi connectivity index (χ4v) is 5.67. The van der Waals surface area contributed by atoms with E-state index < -0.39 is 23.4 Å². The molecule has 0 nitrogen and oxygen atoms in total. The molecule has 2 aliphatic carbocycles. The minimum absolute atomic E-state index is 0.0593. The van der Waals surface area contributed by atoms with E-state index in [9.17, 15) is 22.0 Å². The summed E-state index contributed by atoms with van der Waals surface area (Å²) in [4.78, 5) is 0. The number of rotatable bonds is 8. The van der Waals surface area contributed by atoms with Crippen LogP contribution in [-0.2, 0) is 6.18 Å². The Balaban J connectivity index is 1.39. The summed E-state index contributed by atoms with van der Waals surface area (Å²) < 4.78 is 66.1. The van der Waals surface area contributed by atoms with Crippen molar-refractivity contribution in [3.63, 3.8) is 0 Å². The van der Waals surface area contributed by atoms with Gasteiger partial charge in [0.05, 0.1) is 0 Å². The van der Waals surface area contributed by atoms with Gasteiger partial charge in [-0.05, 0) is 106 Å². The molecule has 0 heterocycles. The van der Waals surface area contributed by atoms with Crippen molar-refractivity contribution in [3.8, 4) is 0 Å². The SMILES string of the molecule is CCCCC1CCC(/C=C/CCC2CCC(c3cc(F)c(C(F)(F)F)c(F)c3)CC2)CC1. The van der Waals surface area contributed by atoms with Crippen molar-refractivity contribution >= 4 is 0 Å². The highest BCUT2D eigenvalue weighted by Gasteiger charge is 2.38. The maximum atomic E-state index is 13.9. The van der Waals surface area contributed by atoms with Crippen molar-refractivity contribution < 1.29 is 22.0 Å². The third kappa shape index (κ3) is 7.05. The lowest BCUT2D eigenvalue weighted by molar-refractivity contribution is -0.142. The number of benzene rings is 1. The molecule has 5 heteroatoms. The molecule has 32 heavy (non-hydrogen) atoms. The van der Waals surface area contributed by atoms with Gasteiger partial charge in [-0.2, -0.15) is 13.2 Å². The second-order valence-corrected chi connectivity index (χ2v) is 10.0. The number of unbranched alkanes of at least 4 members (excludes halogenated alkanes) is 1. The number of halogens is 5. The van der Waals surface area contributed by atoms with Crippen molar-refractivity contribution in [1.82, 2.24) is 0 Å². The van der Waals surface area contributed by atoms with Crippen LogP contribution < -0.4 is 0 Å². The highest BCUT2D eigenvalue weighted by Crippen LogP contribution is 2.41. The van der Waals surface area contributed by atoms with Gasteiger partial charge in [0.1, 0.15) is 17.2 Å². The monoisotopic (exact) mass is 456 g/mol. The largest absolute Gasteiger partial charge is 0.422 e. The Kier molecular flexibility index (Phi) is 9.19. The molecule has 0 saturated heterocycles. The zero-order chi connectivity index (χ0) is 23.1. The molecular formula is C27H37F5. The van der Waals surface area contributed by atoms with Crippen LogP contribution in [0.15, 0.2) is 24.3 Å². The first-order chi connectivity index (χ1) is 15.3. The molecule has 0 aliphatic heterocycles. The van der Waals surface area contributed by atoms with Crippen LogP contribution in [-0.4, -0.2) is 0 Å². The second kappa shape index (κ2) is 11.7. The van der Waals surface area contributed by atoms with Crippen LogP contribution in [0.3, 0.4) is 0 Å². The van der Waals surface area contributed by atoms with Crippen molar-refractivity contribution in [2.24, 2.45) is 17.8 Å². The van der Waals surface area contributed by atoms with Gasteiger partial charge in [-0.3, -0.25) is 0 Å². The van der Waals surface area contributed by atoms with Crippen LogP contribution >= 0.6 is 0 Å². The molecule has 2 saturated carbocycles. The van der Waals surface area contributed by atoms with Crippen molar-refractivity contribution in [2.75, 3.05) is 0 Å². The summed E-state index contributed by atoms with van der Waals surface area (Å²) in [6.07, 6.45) is 14.8. The fourth-order valence-electron chi connectivity index (χ4n) is 5.67. The van der Waals surface area contributed by atoms with Crippen LogP contribution in [0.4, 0.5) is 22.0 Å². The van der Waals surface area contributed by atoms with Crippen molar-refractivity contribution in [1.29, 1.82) is 0 Å². The quantitative estimate of drug-likeness (QED) is 0.270. The molecule has 3 rings (SSSR count). The Bertz CT molecular complexity index is 712. The maximum absolute atomic E-state index is 13.9. The average molecular weight is 457 g/mol. The molecule has 0 bridgehead atoms. The average Bonchev–Trinajstić information content (AvgIpc) is 2.75. The summed E-state index contributed by atoms with van der Waals surface area (Å²) in [5, 5.41) is 0. The van der Waals surface area contributed by atoms with E-state index in [1.54, 1.807) is 0 Å². The third-order valence-electron chi connectivity index (χ3n) is 7.67. The highest BCUT2D eigenvalue weighted by molar-refractivity contribution is 5.30.